The van der Waals surface area contributed by atoms with Crippen LogP contribution in [0.15, 0.2) is 42.5 Å². The summed E-state index contributed by atoms with van der Waals surface area (Å²) in [5.74, 6) is -0.982. The molecule has 2 rings (SSSR count). The van der Waals surface area contributed by atoms with Crippen molar-refractivity contribution in [1.82, 2.24) is 0 Å². The zero-order chi connectivity index (χ0) is 13.8. The van der Waals surface area contributed by atoms with E-state index in [1.165, 1.54) is 6.07 Å². The summed E-state index contributed by atoms with van der Waals surface area (Å²) in [6.07, 6.45) is 0. The molecule has 0 saturated heterocycles. The summed E-state index contributed by atoms with van der Waals surface area (Å²) in [5.41, 5.74) is 1.38. The molecule has 19 heavy (non-hydrogen) atoms. The molecule has 0 spiro atoms. The van der Waals surface area contributed by atoms with Crippen LogP contribution in [0.2, 0.25) is 0 Å². The Morgan fingerprint density at radius 3 is 2.47 bits per heavy atom. The number of phenols is 1. The molecule has 0 atom stereocenters. The highest BCUT2D eigenvalue weighted by Gasteiger charge is 2.14. The smallest absolute Gasteiger partial charge is 0.339 e. The number of ether oxygens (including phenoxy) is 1. The number of carboxylic acid groups (broad SMARTS) is 1. The van der Waals surface area contributed by atoms with E-state index >= 15 is 0 Å². The van der Waals surface area contributed by atoms with Gasteiger partial charge in [0.05, 0.1) is 0 Å². The summed E-state index contributed by atoms with van der Waals surface area (Å²) in [5, 5.41) is 18.6. The Kier molecular flexibility index (Phi) is 3.71. The number of rotatable bonds is 4. The number of aromatic carboxylic acids is 1. The fraction of sp³-hybridized carbons (Fsp3) is 0.133. The summed E-state index contributed by atoms with van der Waals surface area (Å²) in [6.45, 7) is 1.99. The Morgan fingerprint density at radius 2 is 1.89 bits per heavy atom. The Morgan fingerprint density at radius 1 is 1.21 bits per heavy atom. The summed E-state index contributed by atoms with van der Waals surface area (Å²) in [4.78, 5) is 10.9. The first-order chi connectivity index (χ1) is 9.08. The molecule has 4 nitrogen and oxygen atoms in total. The molecule has 0 aliphatic heterocycles. The molecule has 98 valence electrons. The highest BCUT2D eigenvalue weighted by Crippen LogP contribution is 2.28. The second kappa shape index (κ2) is 5.44. The van der Waals surface area contributed by atoms with Crippen molar-refractivity contribution in [3.63, 3.8) is 0 Å². The summed E-state index contributed by atoms with van der Waals surface area (Å²) >= 11 is 0. The predicted molar refractivity (Wildman–Crippen MR) is 70.6 cm³/mol. The Labute approximate surface area is 110 Å². The summed E-state index contributed by atoms with van der Waals surface area (Å²) < 4.78 is 5.54. The van der Waals surface area contributed by atoms with E-state index in [-0.39, 0.29) is 11.3 Å². The van der Waals surface area contributed by atoms with E-state index in [0.29, 0.717) is 17.9 Å². The normalized spacial score (nSPS) is 10.2. The Hall–Kier alpha value is -2.49. The molecule has 0 saturated carbocycles. The average Bonchev–Trinajstić information content (AvgIpc) is 2.36. The largest absolute Gasteiger partial charge is 0.507 e. The minimum absolute atomic E-state index is 0.0907. The molecule has 4 heteroatoms. The van der Waals surface area contributed by atoms with Crippen LogP contribution in [0.3, 0.4) is 0 Å². The number of carbonyl (C=O) groups is 1. The summed E-state index contributed by atoms with van der Waals surface area (Å²) in [6, 6.07) is 12.5. The quantitative estimate of drug-likeness (QED) is 0.884. The minimum atomic E-state index is -1.15. The monoisotopic (exact) mass is 258 g/mol. The maximum Gasteiger partial charge on any atom is 0.339 e. The molecule has 0 radical (unpaired) electrons. The van der Waals surface area contributed by atoms with Crippen LogP contribution < -0.4 is 4.74 Å². The van der Waals surface area contributed by atoms with Crippen molar-refractivity contribution in [2.75, 3.05) is 0 Å². The molecule has 0 aliphatic carbocycles. The maximum atomic E-state index is 10.9. The lowest BCUT2D eigenvalue weighted by Crippen LogP contribution is -2.02. The Bertz CT molecular complexity index is 567. The SMILES string of the molecule is Cc1cc(OCc2ccccc2)cc(O)c1C(=O)O. The van der Waals surface area contributed by atoms with Gasteiger partial charge in [0.15, 0.2) is 0 Å². The lowest BCUT2D eigenvalue weighted by molar-refractivity contribution is 0.0693. The Balaban J connectivity index is 2.16. The number of aryl methyl sites for hydroxylation is 1. The third-order valence-corrected chi connectivity index (χ3v) is 2.75. The highest BCUT2D eigenvalue weighted by atomic mass is 16.5. The number of benzene rings is 2. The molecular formula is C15H14O4. The van der Waals surface area contributed by atoms with Crippen molar-refractivity contribution in [2.45, 2.75) is 13.5 Å². The van der Waals surface area contributed by atoms with E-state index in [9.17, 15) is 9.90 Å². The molecule has 0 amide bonds. The van der Waals surface area contributed by atoms with Crippen LogP contribution in [0.25, 0.3) is 0 Å². The van der Waals surface area contributed by atoms with Gasteiger partial charge in [0.25, 0.3) is 0 Å². The first kappa shape index (κ1) is 13.0. The van der Waals surface area contributed by atoms with Gasteiger partial charge in [-0.2, -0.15) is 0 Å². The zero-order valence-corrected chi connectivity index (χ0v) is 10.5. The van der Waals surface area contributed by atoms with Crippen LogP contribution in [0.1, 0.15) is 21.5 Å². The summed E-state index contributed by atoms with van der Waals surface area (Å²) in [7, 11) is 0. The van der Waals surface area contributed by atoms with Crippen LogP contribution in [0, 0.1) is 6.92 Å². The molecule has 0 fully saturated rings. The second-order valence-corrected chi connectivity index (χ2v) is 4.21. The molecule has 0 aromatic heterocycles. The third kappa shape index (κ3) is 3.04. The van der Waals surface area contributed by atoms with Gasteiger partial charge in [-0.25, -0.2) is 4.79 Å². The zero-order valence-electron chi connectivity index (χ0n) is 10.5. The van der Waals surface area contributed by atoms with Gasteiger partial charge in [-0.1, -0.05) is 30.3 Å². The van der Waals surface area contributed by atoms with Crippen molar-refractivity contribution < 1.29 is 19.7 Å². The number of hydrogen-bond acceptors (Lipinski definition) is 3. The van der Waals surface area contributed by atoms with Crippen molar-refractivity contribution in [3.05, 3.63) is 59.2 Å². The maximum absolute atomic E-state index is 10.9. The first-order valence-corrected chi connectivity index (χ1v) is 5.81. The van der Waals surface area contributed by atoms with E-state index in [1.807, 2.05) is 30.3 Å². The van der Waals surface area contributed by atoms with E-state index < -0.39 is 5.97 Å². The number of hydrogen-bond donors (Lipinski definition) is 2. The number of aromatic hydroxyl groups is 1. The van der Waals surface area contributed by atoms with Gasteiger partial charge < -0.3 is 14.9 Å². The van der Waals surface area contributed by atoms with E-state index in [2.05, 4.69) is 0 Å². The van der Waals surface area contributed by atoms with Crippen LogP contribution in [-0.2, 0) is 6.61 Å². The van der Waals surface area contributed by atoms with Crippen molar-refractivity contribution in [1.29, 1.82) is 0 Å². The standard InChI is InChI=1S/C15H14O4/c1-10-7-12(8-13(16)14(10)15(17)18)19-9-11-5-3-2-4-6-11/h2-8,16H,9H2,1H3,(H,17,18). The molecular weight excluding hydrogens is 244 g/mol. The fourth-order valence-corrected chi connectivity index (χ4v) is 1.84. The minimum Gasteiger partial charge on any atom is -0.507 e. The van der Waals surface area contributed by atoms with Gasteiger partial charge in [-0.15, -0.1) is 0 Å². The average molecular weight is 258 g/mol. The highest BCUT2D eigenvalue weighted by molar-refractivity contribution is 5.92. The molecule has 0 heterocycles. The molecule has 2 N–H and O–H groups in total. The van der Waals surface area contributed by atoms with Crippen molar-refractivity contribution in [3.8, 4) is 11.5 Å². The fourth-order valence-electron chi connectivity index (χ4n) is 1.84. The van der Waals surface area contributed by atoms with Gasteiger partial charge in [0.1, 0.15) is 23.7 Å². The van der Waals surface area contributed by atoms with Crippen LogP contribution in [-0.4, -0.2) is 16.2 Å². The van der Waals surface area contributed by atoms with Gasteiger partial charge in [-0.05, 0) is 24.1 Å². The molecule has 2 aromatic carbocycles. The van der Waals surface area contributed by atoms with Crippen molar-refractivity contribution in [2.24, 2.45) is 0 Å². The molecule has 2 aromatic rings. The molecule has 0 bridgehead atoms. The first-order valence-electron chi connectivity index (χ1n) is 5.81. The van der Waals surface area contributed by atoms with E-state index in [1.54, 1.807) is 13.0 Å². The van der Waals surface area contributed by atoms with Gasteiger partial charge >= 0.3 is 5.97 Å². The van der Waals surface area contributed by atoms with Crippen molar-refractivity contribution >= 4 is 5.97 Å². The van der Waals surface area contributed by atoms with Gasteiger partial charge in [0, 0.05) is 6.07 Å². The number of carboxylic acids is 1. The van der Waals surface area contributed by atoms with E-state index in [4.69, 9.17) is 9.84 Å². The van der Waals surface area contributed by atoms with Crippen LogP contribution >= 0.6 is 0 Å². The lowest BCUT2D eigenvalue weighted by atomic mass is 10.1. The second-order valence-electron chi connectivity index (χ2n) is 4.21. The third-order valence-electron chi connectivity index (χ3n) is 2.75. The van der Waals surface area contributed by atoms with Gasteiger partial charge in [-0.3, -0.25) is 0 Å². The van der Waals surface area contributed by atoms with Crippen LogP contribution in [0.5, 0.6) is 11.5 Å². The molecule has 0 aliphatic rings. The van der Waals surface area contributed by atoms with E-state index in [0.717, 1.165) is 5.56 Å². The topological polar surface area (TPSA) is 66.8 Å². The molecule has 0 unspecified atom stereocenters. The van der Waals surface area contributed by atoms with Gasteiger partial charge in [0.2, 0.25) is 0 Å². The van der Waals surface area contributed by atoms with Crippen LogP contribution in [0.4, 0.5) is 0 Å². The predicted octanol–water partition coefficient (Wildman–Crippen LogP) is 2.98. The lowest BCUT2D eigenvalue weighted by Gasteiger charge is -2.10.